The molecule has 2 aromatic heterocycles. The van der Waals surface area contributed by atoms with Crippen LogP contribution < -0.4 is 4.74 Å². The van der Waals surface area contributed by atoms with Gasteiger partial charge in [-0.3, -0.25) is 0 Å². The highest BCUT2D eigenvalue weighted by atomic mass is 16.5. The maximum atomic E-state index is 11.0. The smallest absolute Gasteiger partial charge is 0.338 e. The van der Waals surface area contributed by atoms with Crippen LogP contribution in [0.5, 0.6) is 5.75 Å². The van der Waals surface area contributed by atoms with Gasteiger partial charge in [0.05, 0.1) is 29.5 Å². The van der Waals surface area contributed by atoms with E-state index in [1.165, 1.54) is 17.1 Å². The molecule has 0 unspecified atom stereocenters. The zero-order valence-electron chi connectivity index (χ0n) is 14.2. The first-order chi connectivity index (χ1) is 12.5. The molecular formula is C19H16N4O3. The number of benzene rings is 1. The molecule has 7 nitrogen and oxygen atoms in total. The van der Waals surface area contributed by atoms with Crippen LogP contribution in [0, 0.1) is 11.3 Å². The van der Waals surface area contributed by atoms with Crippen LogP contribution in [0.15, 0.2) is 48.9 Å². The van der Waals surface area contributed by atoms with Crippen molar-refractivity contribution in [3.8, 4) is 28.8 Å². The van der Waals surface area contributed by atoms with E-state index in [9.17, 15) is 10.1 Å². The fraction of sp³-hybridized carbons (Fsp3) is 0.158. The fourth-order valence-electron chi connectivity index (χ4n) is 2.44. The van der Waals surface area contributed by atoms with Crippen LogP contribution in [0.2, 0.25) is 0 Å². The zero-order valence-corrected chi connectivity index (χ0v) is 14.2. The third-order valence-electron chi connectivity index (χ3n) is 3.61. The first-order valence-corrected chi connectivity index (χ1v) is 7.93. The van der Waals surface area contributed by atoms with Crippen molar-refractivity contribution in [3.05, 3.63) is 60.0 Å². The molecular weight excluding hydrogens is 332 g/mol. The summed E-state index contributed by atoms with van der Waals surface area (Å²) in [5, 5.41) is 22.4. The second kappa shape index (κ2) is 7.07. The molecule has 0 aliphatic carbocycles. The molecule has 0 aliphatic rings. The van der Waals surface area contributed by atoms with Crippen molar-refractivity contribution in [1.82, 2.24) is 14.8 Å². The Kier molecular flexibility index (Phi) is 4.67. The predicted molar refractivity (Wildman–Crippen MR) is 94.2 cm³/mol. The summed E-state index contributed by atoms with van der Waals surface area (Å²) in [5.74, 6) is 0.0548. The van der Waals surface area contributed by atoms with Crippen LogP contribution in [0.4, 0.5) is 0 Å². The number of hydrogen-bond donors (Lipinski definition) is 1. The lowest BCUT2D eigenvalue weighted by atomic mass is 10.0. The minimum atomic E-state index is -1.07. The first kappa shape index (κ1) is 17.2. The summed E-state index contributed by atoms with van der Waals surface area (Å²) in [6, 6.07) is 11.1. The Morgan fingerprint density at radius 1 is 1.27 bits per heavy atom. The average Bonchev–Trinajstić information content (AvgIpc) is 3.12. The summed E-state index contributed by atoms with van der Waals surface area (Å²) in [7, 11) is 0. The van der Waals surface area contributed by atoms with E-state index in [0.29, 0.717) is 16.9 Å². The van der Waals surface area contributed by atoms with Gasteiger partial charge in [-0.15, -0.1) is 0 Å². The molecule has 2 heterocycles. The monoisotopic (exact) mass is 348 g/mol. The van der Waals surface area contributed by atoms with Crippen molar-refractivity contribution in [3.63, 3.8) is 0 Å². The van der Waals surface area contributed by atoms with E-state index in [1.54, 1.807) is 12.3 Å². The lowest BCUT2D eigenvalue weighted by Crippen LogP contribution is -2.05. The number of rotatable bonds is 5. The molecule has 0 bridgehead atoms. The number of carboxylic acids is 1. The second-order valence-corrected chi connectivity index (χ2v) is 5.87. The Morgan fingerprint density at radius 3 is 2.58 bits per heavy atom. The van der Waals surface area contributed by atoms with Crippen molar-refractivity contribution in [2.45, 2.75) is 20.0 Å². The minimum absolute atomic E-state index is 0.0510. The summed E-state index contributed by atoms with van der Waals surface area (Å²) >= 11 is 0. The van der Waals surface area contributed by atoms with Crippen molar-refractivity contribution >= 4 is 5.97 Å². The highest BCUT2D eigenvalue weighted by Crippen LogP contribution is 2.26. The summed E-state index contributed by atoms with van der Waals surface area (Å²) < 4.78 is 6.95. The lowest BCUT2D eigenvalue weighted by molar-refractivity contribution is 0.0697. The predicted octanol–water partition coefficient (Wildman–Crippen LogP) is 3.29. The molecule has 1 aromatic carbocycles. The highest BCUT2D eigenvalue weighted by Gasteiger charge is 2.12. The highest BCUT2D eigenvalue weighted by molar-refractivity contribution is 5.87. The normalized spacial score (nSPS) is 10.5. The summed E-state index contributed by atoms with van der Waals surface area (Å²) in [5.41, 5.74) is 1.98. The minimum Gasteiger partial charge on any atom is -0.491 e. The number of aromatic nitrogens is 3. The van der Waals surface area contributed by atoms with Gasteiger partial charge in [0, 0.05) is 24.0 Å². The van der Waals surface area contributed by atoms with Crippen LogP contribution in [0.3, 0.4) is 0 Å². The Labute approximate surface area is 150 Å². The molecule has 0 radical (unpaired) electrons. The number of nitriles is 1. The zero-order chi connectivity index (χ0) is 18.7. The maximum absolute atomic E-state index is 11.0. The average molecular weight is 348 g/mol. The van der Waals surface area contributed by atoms with Crippen molar-refractivity contribution in [2.24, 2.45) is 0 Å². The van der Waals surface area contributed by atoms with Crippen LogP contribution >= 0.6 is 0 Å². The fourth-order valence-corrected chi connectivity index (χ4v) is 2.44. The number of carbonyl (C=O) groups is 1. The van der Waals surface area contributed by atoms with E-state index >= 15 is 0 Å². The molecule has 3 rings (SSSR count). The van der Waals surface area contributed by atoms with Gasteiger partial charge in [-0.25, -0.2) is 14.5 Å². The molecule has 1 N–H and O–H groups in total. The van der Waals surface area contributed by atoms with Crippen LogP contribution in [-0.4, -0.2) is 31.9 Å². The number of carboxylic acid groups (broad SMARTS) is 1. The molecule has 0 fully saturated rings. The molecule has 0 atom stereocenters. The molecule has 130 valence electrons. The third kappa shape index (κ3) is 3.54. The van der Waals surface area contributed by atoms with Gasteiger partial charge in [0.2, 0.25) is 0 Å². The second-order valence-electron chi connectivity index (χ2n) is 5.87. The van der Waals surface area contributed by atoms with Gasteiger partial charge in [0.15, 0.2) is 5.82 Å². The van der Waals surface area contributed by atoms with E-state index in [0.717, 1.165) is 11.3 Å². The van der Waals surface area contributed by atoms with Crippen molar-refractivity contribution in [2.75, 3.05) is 0 Å². The molecule has 0 saturated carbocycles. The molecule has 26 heavy (non-hydrogen) atoms. The summed E-state index contributed by atoms with van der Waals surface area (Å²) in [4.78, 5) is 15.3. The number of hydrogen-bond acceptors (Lipinski definition) is 5. The van der Waals surface area contributed by atoms with Gasteiger partial charge in [0.1, 0.15) is 5.75 Å². The van der Waals surface area contributed by atoms with E-state index in [4.69, 9.17) is 9.84 Å². The van der Waals surface area contributed by atoms with Gasteiger partial charge < -0.3 is 9.84 Å². The number of pyridine rings is 1. The Bertz CT molecular complexity index is 985. The topological polar surface area (TPSA) is 101 Å². The van der Waals surface area contributed by atoms with Crippen molar-refractivity contribution < 1.29 is 14.6 Å². The molecule has 0 spiro atoms. The summed E-state index contributed by atoms with van der Waals surface area (Å²) in [6.07, 6.45) is 4.25. The van der Waals surface area contributed by atoms with Gasteiger partial charge in [-0.2, -0.15) is 10.4 Å². The Morgan fingerprint density at radius 2 is 2.00 bits per heavy atom. The number of ether oxygens (including phenoxy) is 1. The lowest BCUT2D eigenvalue weighted by Gasteiger charge is -2.11. The quantitative estimate of drug-likeness (QED) is 0.759. The number of nitrogens with zero attached hydrogens (tertiary/aromatic N) is 4. The molecule has 7 heteroatoms. The van der Waals surface area contributed by atoms with Crippen LogP contribution in [-0.2, 0) is 0 Å². The van der Waals surface area contributed by atoms with Crippen LogP contribution in [0.1, 0.15) is 29.8 Å². The van der Waals surface area contributed by atoms with E-state index < -0.39 is 5.97 Å². The molecule has 0 amide bonds. The molecule has 3 aromatic rings. The van der Waals surface area contributed by atoms with Crippen molar-refractivity contribution in [1.29, 1.82) is 5.26 Å². The van der Waals surface area contributed by atoms with E-state index in [2.05, 4.69) is 16.2 Å². The standard InChI is InChI=1S/C19H16N4O3/c1-12(2)26-16-5-3-13(4-6-16)17-10-21-18(7-14(17)8-20)23-11-15(9-22-23)19(24)25/h3-7,9-12H,1-2H3,(H,24,25). The van der Waals surface area contributed by atoms with Gasteiger partial charge >= 0.3 is 5.97 Å². The van der Waals surface area contributed by atoms with Gasteiger partial charge in [-0.1, -0.05) is 12.1 Å². The summed E-state index contributed by atoms with van der Waals surface area (Å²) in [6.45, 7) is 3.91. The van der Waals surface area contributed by atoms with E-state index in [-0.39, 0.29) is 11.7 Å². The van der Waals surface area contributed by atoms with Gasteiger partial charge in [0.25, 0.3) is 0 Å². The van der Waals surface area contributed by atoms with Gasteiger partial charge in [-0.05, 0) is 31.5 Å². The molecule has 0 aliphatic heterocycles. The number of aromatic carboxylic acids is 1. The Balaban J connectivity index is 1.94. The SMILES string of the molecule is CC(C)Oc1ccc(-c2cnc(-n3cc(C(=O)O)cn3)cc2C#N)cc1. The van der Waals surface area contributed by atoms with E-state index in [1.807, 2.05) is 38.1 Å². The first-order valence-electron chi connectivity index (χ1n) is 7.93. The Hall–Kier alpha value is -3.66. The molecule has 0 saturated heterocycles. The van der Waals surface area contributed by atoms with Crippen LogP contribution in [0.25, 0.3) is 16.9 Å². The third-order valence-corrected chi connectivity index (χ3v) is 3.61. The largest absolute Gasteiger partial charge is 0.491 e. The maximum Gasteiger partial charge on any atom is 0.338 e.